The van der Waals surface area contributed by atoms with Gasteiger partial charge in [-0.25, -0.2) is 13.6 Å². The maximum absolute atomic E-state index is 11.8. The maximum atomic E-state index is 11.8. The summed E-state index contributed by atoms with van der Waals surface area (Å²) in [5.41, 5.74) is 0.647. The van der Waals surface area contributed by atoms with E-state index in [1.54, 1.807) is 6.07 Å². The molecular formula is C12H14N2O5S. The van der Waals surface area contributed by atoms with Crippen molar-refractivity contribution in [1.82, 2.24) is 0 Å². The smallest absolute Gasteiger partial charge is 0.307 e. The van der Waals surface area contributed by atoms with E-state index in [9.17, 15) is 18.0 Å². The fraction of sp³-hybridized carbons (Fsp3) is 0.333. The number of sulfonamides is 1. The zero-order valence-corrected chi connectivity index (χ0v) is 11.5. The van der Waals surface area contributed by atoms with Gasteiger partial charge >= 0.3 is 5.97 Å². The predicted molar refractivity (Wildman–Crippen MR) is 70.4 cm³/mol. The normalized spacial score (nSPS) is 21.3. The first kappa shape index (κ1) is 14.5. The molecule has 0 radical (unpaired) electrons. The van der Waals surface area contributed by atoms with E-state index in [0.29, 0.717) is 17.7 Å². The van der Waals surface area contributed by atoms with Gasteiger partial charge in [0.1, 0.15) is 0 Å². The Balaban J connectivity index is 2.19. The molecule has 7 nitrogen and oxygen atoms in total. The van der Waals surface area contributed by atoms with Crippen molar-refractivity contribution >= 4 is 27.6 Å². The Kier molecular flexibility index (Phi) is 3.53. The molecule has 108 valence electrons. The number of hydrogen-bond donors (Lipinski definition) is 3. The Labute approximate surface area is 115 Å². The van der Waals surface area contributed by atoms with Crippen LogP contribution in [0.2, 0.25) is 0 Å². The number of benzene rings is 1. The summed E-state index contributed by atoms with van der Waals surface area (Å²) in [6, 6.07) is 4.35. The van der Waals surface area contributed by atoms with Gasteiger partial charge in [0.05, 0.1) is 16.7 Å². The van der Waals surface area contributed by atoms with Crippen LogP contribution in [0.5, 0.6) is 0 Å². The van der Waals surface area contributed by atoms with E-state index in [1.807, 2.05) is 0 Å². The monoisotopic (exact) mass is 298 g/mol. The molecule has 0 spiro atoms. The summed E-state index contributed by atoms with van der Waals surface area (Å²) >= 11 is 0. The zero-order valence-electron chi connectivity index (χ0n) is 10.7. The van der Waals surface area contributed by atoms with Crippen molar-refractivity contribution in [3.8, 4) is 0 Å². The molecule has 1 aromatic rings. The van der Waals surface area contributed by atoms with Gasteiger partial charge < -0.3 is 10.4 Å². The second-order valence-corrected chi connectivity index (χ2v) is 6.28. The Hall–Kier alpha value is -1.93. The summed E-state index contributed by atoms with van der Waals surface area (Å²) < 4.78 is 22.7. The average molecular weight is 298 g/mol. The van der Waals surface area contributed by atoms with Crippen LogP contribution in [0.4, 0.5) is 5.69 Å². The first-order valence-electron chi connectivity index (χ1n) is 5.88. The van der Waals surface area contributed by atoms with Crippen LogP contribution < -0.4 is 10.5 Å². The lowest BCUT2D eigenvalue weighted by Crippen LogP contribution is -2.19. The number of anilines is 1. The van der Waals surface area contributed by atoms with Gasteiger partial charge in [-0.1, -0.05) is 6.07 Å². The van der Waals surface area contributed by atoms with Crippen LogP contribution in [0.25, 0.3) is 0 Å². The van der Waals surface area contributed by atoms with Crippen LogP contribution in [-0.2, 0) is 19.6 Å². The third-order valence-corrected chi connectivity index (χ3v) is 4.35. The van der Waals surface area contributed by atoms with E-state index in [2.05, 4.69) is 5.32 Å². The Bertz CT molecular complexity index is 683. The maximum Gasteiger partial charge on any atom is 0.307 e. The van der Waals surface area contributed by atoms with Crippen molar-refractivity contribution in [3.05, 3.63) is 23.8 Å². The van der Waals surface area contributed by atoms with E-state index in [0.717, 1.165) is 0 Å². The minimum atomic E-state index is -3.87. The highest BCUT2D eigenvalue weighted by molar-refractivity contribution is 7.89. The quantitative estimate of drug-likeness (QED) is 0.737. The van der Waals surface area contributed by atoms with Gasteiger partial charge in [0.25, 0.3) is 0 Å². The van der Waals surface area contributed by atoms with Gasteiger partial charge in [0, 0.05) is 5.69 Å². The molecule has 2 rings (SSSR count). The number of carbonyl (C=O) groups excluding carboxylic acids is 1. The topological polar surface area (TPSA) is 127 Å². The minimum absolute atomic E-state index is 0.0686. The highest BCUT2D eigenvalue weighted by Gasteiger charge is 2.48. The SMILES string of the molecule is Cc1c(NC(=O)C2CC2C(=O)O)cccc1S(N)(=O)=O. The summed E-state index contributed by atoms with van der Waals surface area (Å²) in [4.78, 5) is 22.5. The van der Waals surface area contributed by atoms with Crippen molar-refractivity contribution in [2.45, 2.75) is 18.2 Å². The van der Waals surface area contributed by atoms with E-state index in [4.69, 9.17) is 10.2 Å². The van der Waals surface area contributed by atoms with Crippen molar-refractivity contribution in [2.24, 2.45) is 17.0 Å². The molecule has 2 unspecified atom stereocenters. The molecule has 0 aliphatic heterocycles. The van der Waals surface area contributed by atoms with Crippen LogP contribution >= 0.6 is 0 Å². The first-order valence-corrected chi connectivity index (χ1v) is 7.42. The molecule has 2 atom stereocenters. The van der Waals surface area contributed by atoms with Crippen molar-refractivity contribution in [2.75, 3.05) is 5.32 Å². The number of carboxylic acids is 1. The predicted octanol–water partition coefficient (Wildman–Crippen LogP) is 0.302. The molecule has 0 saturated heterocycles. The minimum Gasteiger partial charge on any atom is -0.481 e. The average Bonchev–Trinajstić information content (AvgIpc) is 3.10. The Morgan fingerprint density at radius 3 is 2.50 bits per heavy atom. The molecule has 1 amide bonds. The zero-order chi connectivity index (χ0) is 15.1. The molecule has 1 aliphatic carbocycles. The van der Waals surface area contributed by atoms with Gasteiger partial charge in [0.15, 0.2) is 0 Å². The summed E-state index contributed by atoms with van der Waals surface area (Å²) in [7, 11) is -3.87. The van der Waals surface area contributed by atoms with Gasteiger partial charge in [-0.3, -0.25) is 9.59 Å². The molecule has 1 saturated carbocycles. The van der Waals surface area contributed by atoms with Crippen LogP contribution in [-0.4, -0.2) is 25.4 Å². The lowest BCUT2D eigenvalue weighted by molar-refractivity contribution is -0.139. The second-order valence-electron chi connectivity index (χ2n) is 4.75. The molecule has 0 bridgehead atoms. The second kappa shape index (κ2) is 4.88. The van der Waals surface area contributed by atoms with Gasteiger partial charge in [-0.15, -0.1) is 0 Å². The highest BCUT2D eigenvalue weighted by Crippen LogP contribution is 2.39. The van der Waals surface area contributed by atoms with Crippen LogP contribution in [0.1, 0.15) is 12.0 Å². The van der Waals surface area contributed by atoms with E-state index in [1.165, 1.54) is 19.1 Å². The molecule has 0 aromatic heterocycles. The third-order valence-electron chi connectivity index (χ3n) is 3.29. The van der Waals surface area contributed by atoms with E-state index < -0.39 is 33.7 Å². The lowest BCUT2D eigenvalue weighted by atomic mass is 10.2. The van der Waals surface area contributed by atoms with Crippen molar-refractivity contribution in [3.63, 3.8) is 0 Å². The standard InChI is InChI=1S/C12H14N2O5S/c1-6-9(3-2-4-10(6)20(13,18)19)14-11(15)7-5-8(7)12(16)17/h2-4,7-8H,5H2,1H3,(H,14,15)(H,16,17)(H2,13,18,19). The summed E-state index contributed by atoms with van der Waals surface area (Å²) in [6.45, 7) is 1.52. The van der Waals surface area contributed by atoms with Crippen LogP contribution in [0.3, 0.4) is 0 Å². The van der Waals surface area contributed by atoms with E-state index >= 15 is 0 Å². The first-order chi connectivity index (χ1) is 9.21. The summed E-state index contributed by atoms with van der Waals surface area (Å²) in [5.74, 6) is -2.64. The molecule has 8 heteroatoms. The number of primary sulfonamides is 1. The van der Waals surface area contributed by atoms with Crippen molar-refractivity contribution < 1.29 is 23.1 Å². The fourth-order valence-electron chi connectivity index (χ4n) is 2.04. The number of hydrogen-bond acceptors (Lipinski definition) is 4. The fourth-order valence-corrected chi connectivity index (χ4v) is 2.85. The number of carbonyl (C=O) groups is 2. The highest BCUT2D eigenvalue weighted by atomic mass is 32.2. The van der Waals surface area contributed by atoms with Gasteiger partial charge in [-0.05, 0) is 31.0 Å². The third kappa shape index (κ3) is 2.81. The molecule has 1 aromatic carbocycles. The Morgan fingerprint density at radius 2 is 2.00 bits per heavy atom. The van der Waals surface area contributed by atoms with Crippen LogP contribution in [0, 0.1) is 18.8 Å². The molecule has 1 fully saturated rings. The number of aliphatic carboxylic acids is 1. The molecule has 4 N–H and O–H groups in total. The van der Waals surface area contributed by atoms with Gasteiger partial charge in [-0.2, -0.15) is 0 Å². The number of nitrogens with two attached hydrogens (primary N) is 1. The largest absolute Gasteiger partial charge is 0.481 e. The Morgan fingerprint density at radius 1 is 1.35 bits per heavy atom. The van der Waals surface area contributed by atoms with Crippen LogP contribution in [0.15, 0.2) is 23.1 Å². The van der Waals surface area contributed by atoms with Crippen molar-refractivity contribution in [1.29, 1.82) is 0 Å². The molecule has 1 aliphatic rings. The molecule has 0 heterocycles. The number of carboxylic acid groups (broad SMARTS) is 1. The summed E-state index contributed by atoms with van der Waals surface area (Å²) in [6.07, 6.45) is 0.301. The lowest BCUT2D eigenvalue weighted by Gasteiger charge is -2.11. The number of amides is 1. The van der Waals surface area contributed by atoms with Gasteiger partial charge in [0.2, 0.25) is 15.9 Å². The molecule has 20 heavy (non-hydrogen) atoms. The van der Waals surface area contributed by atoms with E-state index in [-0.39, 0.29) is 4.90 Å². The summed E-state index contributed by atoms with van der Waals surface area (Å²) in [5, 5.41) is 16.4. The number of nitrogens with one attached hydrogen (secondary N) is 1. The number of rotatable bonds is 4. The molecular weight excluding hydrogens is 284 g/mol.